The number of hydrogen-bond acceptors (Lipinski definition) is 8. The van der Waals surface area contributed by atoms with Crippen LogP contribution in [0.1, 0.15) is 31.0 Å². The van der Waals surface area contributed by atoms with Gasteiger partial charge in [0.15, 0.2) is 0 Å². The third kappa shape index (κ3) is 6.23. The highest BCUT2D eigenvalue weighted by molar-refractivity contribution is 5.89. The van der Waals surface area contributed by atoms with Crippen molar-refractivity contribution in [3.8, 4) is 0 Å². The maximum atomic E-state index is 14.4. The van der Waals surface area contributed by atoms with Gasteiger partial charge >= 0.3 is 6.09 Å². The number of rotatable bonds is 9. The number of anilines is 2. The second kappa shape index (κ2) is 11.7. The summed E-state index contributed by atoms with van der Waals surface area (Å²) in [5, 5.41) is 3.13. The summed E-state index contributed by atoms with van der Waals surface area (Å²) in [5.74, 6) is -0.594. The zero-order chi connectivity index (χ0) is 26.5. The molecule has 1 aromatic carbocycles. The minimum absolute atomic E-state index is 0.0235. The van der Waals surface area contributed by atoms with E-state index >= 15 is 0 Å². The number of piperazine rings is 1. The summed E-state index contributed by atoms with van der Waals surface area (Å²) in [6.45, 7) is 11.2. The molecule has 2 amide bonds. The van der Waals surface area contributed by atoms with Crippen molar-refractivity contribution < 1.29 is 23.5 Å². The lowest BCUT2D eigenvalue weighted by Gasteiger charge is -2.34. The number of amides is 2. The van der Waals surface area contributed by atoms with Gasteiger partial charge in [0.05, 0.1) is 12.1 Å². The Kier molecular flexibility index (Phi) is 8.34. The summed E-state index contributed by atoms with van der Waals surface area (Å²) in [6.07, 6.45) is 0.435. The van der Waals surface area contributed by atoms with Gasteiger partial charge in [-0.15, -0.1) is 0 Å². The number of halogens is 1. The van der Waals surface area contributed by atoms with Crippen LogP contribution in [0.4, 0.5) is 21.0 Å². The molecule has 37 heavy (non-hydrogen) atoms. The van der Waals surface area contributed by atoms with Crippen LogP contribution < -0.4 is 10.2 Å². The van der Waals surface area contributed by atoms with Gasteiger partial charge in [0.25, 0.3) is 0 Å². The first-order chi connectivity index (χ1) is 17.8. The second-order valence-corrected chi connectivity index (χ2v) is 9.24. The standard InChI is InChI=1S/C26H33FN6O4/c1-5-24(34)32-12-10-31(11-13-32)15-19-6-8-20(9-7-19)17(2)28-25-29-22(27)14-23(30-25)33-21(18(3)36-4)16-37-26(33)35/h5-9,14,17-18,21H,1,10-13,15-16H2,2-4H3,(H,28,29,30)/t17-,18+,21?/m0/s1. The molecular weight excluding hydrogens is 479 g/mol. The Morgan fingerprint density at radius 1 is 1.24 bits per heavy atom. The molecule has 0 aliphatic carbocycles. The molecule has 1 aromatic heterocycles. The lowest BCUT2D eigenvalue weighted by Crippen LogP contribution is -2.47. The molecule has 0 bridgehead atoms. The van der Waals surface area contributed by atoms with E-state index in [0.717, 1.165) is 36.8 Å². The number of carbonyl (C=O) groups is 2. The van der Waals surface area contributed by atoms with Crippen LogP contribution in [0.5, 0.6) is 0 Å². The van der Waals surface area contributed by atoms with Gasteiger partial charge in [-0.1, -0.05) is 30.8 Å². The molecule has 2 aliphatic rings. The molecule has 198 valence electrons. The van der Waals surface area contributed by atoms with Crippen LogP contribution in [0, 0.1) is 5.95 Å². The molecule has 10 nitrogen and oxygen atoms in total. The number of carbonyl (C=O) groups excluding carboxylic acids is 2. The Balaban J connectivity index is 1.39. The molecule has 4 rings (SSSR count). The first-order valence-electron chi connectivity index (χ1n) is 12.3. The van der Waals surface area contributed by atoms with E-state index in [4.69, 9.17) is 9.47 Å². The number of methoxy groups -OCH3 is 1. The van der Waals surface area contributed by atoms with Crippen molar-refractivity contribution in [3.05, 3.63) is 60.1 Å². The summed E-state index contributed by atoms with van der Waals surface area (Å²) in [4.78, 5) is 37.8. The van der Waals surface area contributed by atoms with Crippen molar-refractivity contribution in [2.45, 2.75) is 38.6 Å². The number of benzene rings is 1. The fraction of sp³-hybridized carbons (Fsp3) is 0.462. The summed E-state index contributed by atoms with van der Waals surface area (Å²) >= 11 is 0. The zero-order valence-corrected chi connectivity index (χ0v) is 21.4. The van der Waals surface area contributed by atoms with Gasteiger partial charge in [0.2, 0.25) is 17.8 Å². The van der Waals surface area contributed by atoms with E-state index in [0.29, 0.717) is 13.1 Å². The van der Waals surface area contributed by atoms with Gasteiger partial charge in [-0.2, -0.15) is 14.4 Å². The van der Waals surface area contributed by atoms with Crippen molar-refractivity contribution in [2.24, 2.45) is 0 Å². The molecule has 11 heteroatoms. The molecule has 2 fully saturated rings. The largest absolute Gasteiger partial charge is 0.447 e. The summed E-state index contributed by atoms with van der Waals surface area (Å²) in [7, 11) is 1.54. The van der Waals surface area contributed by atoms with E-state index in [-0.39, 0.29) is 36.4 Å². The monoisotopic (exact) mass is 512 g/mol. The van der Waals surface area contributed by atoms with Gasteiger partial charge in [-0.3, -0.25) is 14.6 Å². The lowest BCUT2D eigenvalue weighted by atomic mass is 10.1. The van der Waals surface area contributed by atoms with Crippen molar-refractivity contribution in [2.75, 3.05) is 50.1 Å². The fourth-order valence-corrected chi connectivity index (χ4v) is 4.50. The van der Waals surface area contributed by atoms with Crippen LogP contribution in [0.15, 0.2) is 43.0 Å². The Bertz CT molecular complexity index is 1120. The lowest BCUT2D eigenvalue weighted by molar-refractivity contribution is -0.127. The van der Waals surface area contributed by atoms with Gasteiger partial charge in [0.1, 0.15) is 18.5 Å². The number of nitrogens with zero attached hydrogens (tertiary/aromatic N) is 5. The number of nitrogens with one attached hydrogen (secondary N) is 1. The van der Waals surface area contributed by atoms with Crippen LogP contribution in [0.2, 0.25) is 0 Å². The van der Waals surface area contributed by atoms with Crippen LogP contribution in [0.25, 0.3) is 0 Å². The highest BCUT2D eigenvalue weighted by Gasteiger charge is 2.39. The maximum Gasteiger partial charge on any atom is 0.416 e. The molecule has 1 unspecified atom stereocenters. The van der Waals surface area contributed by atoms with Gasteiger partial charge in [-0.25, -0.2) is 4.79 Å². The molecular formula is C26H33FN6O4. The van der Waals surface area contributed by atoms with Crippen LogP contribution in [0.3, 0.4) is 0 Å². The van der Waals surface area contributed by atoms with Crippen LogP contribution in [-0.2, 0) is 20.8 Å². The normalized spacial score (nSPS) is 19.9. The predicted octanol–water partition coefficient (Wildman–Crippen LogP) is 2.98. The number of hydrogen-bond donors (Lipinski definition) is 1. The molecule has 3 heterocycles. The van der Waals surface area contributed by atoms with Crippen LogP contribution in [-0.4, -0.2) is 83.8 Å². The Labute approximate surface area is 216 Å². The summed E-state index contributed by atoms with van der Waals surface area (Å²) in [5.41, 5.74) is 2.14. The number of cyclic esters (lactones) is 1. The van der Waals surface area contributed by atoms with Crippen molar-refractivity contribution in [1.82, 2.24) is 19.8 Å². The SMILES string of the molecule is C=CC(=O)N1CCN(Cc2ccc([C@H](C)Nc3nc(F)cc(N4C(=O)OCC4[C@@H](C)OC)n3)cc2)CC1. The summed E-state index contributed by atoms with van der Waals surface area (Å²) < 4.78 is 24.9. The molecule has 2 saturated heterocycles. The van der Waals surface area contributed by atoms with Crippen molar-refractivity contribution in [3.63, 3.8) is 0 Å². The van der Waals surface area contributed by atoms with E-state index < -0.39 is 18.1 Å². The first kappa shape index (κ1) is 26.5. The molecule has 1 N–H and O–H groups in total. The third-order valence-corrected chi connectivity index (χ3v) is 6.84. The Morgan fingerprint density at radius 2 is 1.95 bits per heavy atom. The molecule has 2 aromatic rings. The molecule has 0 saturated carbocycles. The molecule has 0 radical (unpaired) electrons. The van der Waals surface area contributed by atoms with Crippen molar-refractivity contribution >= 4 is 23.8 Å². The fourth-order valence-electron chi connectivity index (χ4n) is 4.50. The second-order valence-electron chi connectivity index (χ2n) is 9.24. The minimum Gasteiger partial charge on any atom is -0.447 e. The van der Waals surface area contributed by atoms with Gasteiger partial charge < -0.3 is 19.7 Å². The molecule has 0 spiro atoms. The smallest absolute Gasteiger partial charge is 0.416 e. The van der Waals surface area contributed by atoms with Crippen LogP contribution >= 0.6 is 0 Å². The predicted molar refractivity (Wildman–Crippen MR) is 137 cm³/mol. The quantitative estimate of drug-likeness (QED) is 0.404. The van der Waals surface area contributed by atoms with E-state index in [1.165, 1.54) is 11.0 Å². The van der Waals surface area contributed by atoms with E-state index in [2.05, 4.69) is 38.9 Å². The minimum atomic E-state index is -0.756. The average Bonchev–Trinajstić information content (AvgIpc) is 3.29. The number of ether oxygens (including phenoxy) is 2. The first-order valence-corrected chi connectivity index (χ1v) is 12.3. The molecule has 2 aliphatic heterocycles. The number of aromatic nitrogens is 2. The summed E-state index contributed by atoms with van der Waals surface area (Å²) in [6, 6.07) is 8.62. The van der Waals surface area contributed by atoms with Gasteiger partial charge in [0, 0.05) is 45.9 Å². The van der Waals surface area contributed by atoms with E-state index in [1.807, 2.05) is 30.9 Å². The van der Waals surface area contributed by atoms with Crippen molar-refractivity contribution in [1.29, 1.82) is 0 Å². The van der Waals surface area contributed by atoms with E-state index in [9.17, 15) is 14.0 Å². The third-order valence-electron chi connectivity index (χ3n) is 6.84. The maximum absolute atomic E-state index is 14.4. The van der Waals surface area contributed by atoms with Gasteiger partial charge in [-0.05, 0) is 31.1 Å². The average molecular weight is 513 g/mol. The zero-order valence-electron chi connectivity index (χ0n) is 21.4. The highest BCUT2D eigenvalue weighted by atomic mass is 19.1. The Hall–Kier alpha value is -3.57. The van der Waals surface area contributed by atoms with E-state index in [1.54, 1.807) is 7.11 Å². The Morgan fingerprint density at radius 3 is 2.59 bits per heavy atom. The molecule has 3 atom stereocenters. The topological polar surface area (TPSA) is 100 Å². The highest BCUT2D eigenvalue weighted by Crippen LogP contribution is 2.26.